The van der Waals surface area contributed by atoms with Gasteiger partial charge < -0.3 is 4.98 Å². The molecule has 3 rings (SSSR count). The van der Waals surface area contributed by atoms with E-state index in [0.717, 1.165) is 23.1 Å². The summed E-state index contributed by atoms with van der Waals surface area (Å²) in [6.07, 6.45) is 2.69. The van der Waals surface area contributed by atoms with Crippen molar-refractivity contribution in [3.05, 3.63) is 53.9 Å². The van der Waals surface area contributed by atoms with E-state index >= 15 is 0 Å². The maximum absolute atomic E-state index is 12.6. The zero-order valence-corrected chi connectivity index (χ0v) is 12.9. The fourth-order valence-electron chi connectivity index (χ4n) is 2.24. The van der Waals surface area contributed by atoms with Crippen LogP contribution in [0.15, 0.2) is 47.8 Å². The molecular weight excluding hydrogens is 282 g/mol. The molecule has 2 unspecified atom stereocenters. The minimum atomic E-state index is -1.25. The Morgan fingerprint density at radius 3 is 2.86 bits per heavy atom. The molecule has 1 aromatic carbocycles. The number of benzene rings is 1. The predicted molar refractivity (Wildman–Crippen MR) is 84.5 cm³/mol. The highest BCUT2D eigenvalue weighted by atomic mass is 32.2. The Labute approximate surface area is 126 Å². The van der Waals surface area contributed by atoms with Crippen molar-refractivity contribution in [1.29, 1.82) is 0 Å². The van der Waals surface area contributed by atoms with E-state index < -0.39 is 10.8 Å². The number of aromatic amines is 1. The molecule has 0 bridgehead atoms. The summed E-state index contributed by atoms with van der Waals surface area (Å²) in [4.78, 5) is 11.9. The summed E-state index contributed by atoms with van der Waals surface area (Å²) in [6.45, 7) is 4.02. The Morgan fingerprint density at radius 2 is 2.14 bits per heavy atom. The molecule has 0 aliphatic rings. The fourth-order valence-corrected chi connectivity index (χ4v) is 3.33. The highest BCUT2D eigenvalue weighted by molar-refractivity contribution is 7.85. The number of H-pyrrole nitrogens is 1. The van der Waals surface area contributed by atoms with Gasteiger partial charge in [0.15, 0.2) is 5.16 Å². The predicted octanol–water partition coefficient (Wildman–Crippen LogP) is 3.39. The Hall–Kier alpha value is -2.01. The number of pyridine rings is 1. The average molecular weight is 299 g/mol. The molecule has 2 atom stereocenters. The van der Waals surface area contributed by atoms with E-state index in [0.29, 0.717) is 5.16 Å². The second kappa shape index (κ2) is 5.77. The summed E-state index contributed by atoms with van der Waals surface area (Å²) >= 11 is 0. The van der Waals surface area contributed by atoms with Gasteiger partial charge in [-0.3, -0.25) is 9.19 Å². The van der Waals surface area contributed by atoms with E-state index in [2.05, 4.69) is 34.0 Å². The lowest BCUT2D eigenvalue weighted by atomic mass is 10.1. The standard InChI is InChI=1S/C16H17N3OS/c1-3-12-7-8-14-15(10-12)19-16(18-14)21(20)11(2)13-6-4-5-9-17-13/h4-11H,3H2,1-2H3,(H,18,19). The molecule has 0 fully saturated rings. The maximum Gasteiger partial charge on any atom is 0.198 e. The molecule has 0 aliphatic heterocycles. The van der Waals surface area contributed by atoms with Crippen LogP contribution < -0.4 is 0 Å². The molecule has 0 saturated heterocycles. The first kappa shape index (κ1) is 13.9. The third kappa shape index (κ3) is 2.74. The highest BCUT2D eigenvalue weighted by Crippen LogP contribution is 2.23. The van der Waals surface area contributed by atoms with Crippen molar-refractivity contribution < 1.29 is 4.21 Å². The molecule has 3 aromatic rings. The van der Waals surface area contributed by atoms with Crippen molar-refractivity contribution in [2.75, 3.05) is 0 Å². The Balaban J connectivity index is 1.94. The fraction of sp³-hybridized carbons (Fsp3) is 0.250. The van der Waals surface area contributed by atoms with Crippen LogP contribution in [0.5, 0.6) is 0 Å². The second-order valence-corrected chi connectivity index (χ2v) is 6.63. The number of hydrogen-bond donors (Lipinski definition) is 1. The third-order valence-corrected chi connectivity index (χ3v) is 5.01. The van der Waals surface area contributed by atoms with Gasteiger partial charge in [0.1, 0.15) is 0 Å². The molecule has 108 valence electrons. The Kier molecular flexibility index (Phi) is 3.84. The van der Waals surface area contributed by atoms with Crippen LogP contribution in [0, 0.1) is 0 Å². The van der Waals surface area contributed by atoms with Crippen LogP contribution in [-0.2, 0) is 17.2 Å². The minimum Gasteiger partial charge on any atom is -0.331 e. The summed E-state index contributed by atoms with van der Waals surface area (Å²) in [5, 5.41) is 0.314. The van der Waals surface area contributed by atoms with Crippen LogP contribution in [-0.4, -0.2) is 19.2 Å². The average Bonchev–Trinajstić information content (AvgIpc) is 2.97. The number of fused-ring (bicyclic) bond motifs is 1. The first-order valence-corrected chi connectivity index (χ1v) is 8.20. The van der Waals surface area contributed by atoms with Gasteiger partial charge in [0.2, 0.25) is 0 Å². The molecule has 2 aromatic heterocycles. The van der Waals surface area contributed by atoms with Gasteiger partial charge in [0, 0.05) is 6.20 Å². The van der Waals surface area contributed by atoms with Crippen LogP contribution in [0.4, 0.5) is 0 Å². The topological polar surface area (TPSA) is 58.6 Å². The molecule has 1 N–H and O–H groups in total. The quantitative estimate of drug-likeness (QED) is 0.803. The lowest BCUT2D eigenvalue weighted by molar-refractivity contribution is 0.669. The molecule has 0 amide bonds. The van der Waals surface area contributed by atoms with E-state index in [-0.39, 0.29) is 5.25 Å². The molecule has 0 aliphatic carbocycles. The van der Waals surface area contributed by atoms with Crippen molar-refractivity contribution >= 4 is 21.8 Å². The van der Waals surface area contributed by atoms with Crippen molar-refractivity contribution in [1.82, 2.24) is 15.0 Å². The second-order valence-electron chi connectivity index (χ2n) is 4.94. The molecule has 0 radical (unpaired) electrons. The number of aryl methyl sites for hydroxylation is 1. The number of aromatic nitrogens is 3. The lowest BCUT2D eigenvalue weighted by Crippen LogP contribution is -2.06. The molecule has 0 saturated carbocycles. The van der Waals surface area contributed by atoms with Crippen molar-refractivity contribution in [2.45, 2.75) is 30.7 Å². The SMILES string of the molecule is CCc1ccc2nc(S(=O)C(C)c3ccccn3)[nH]c2c1. The van der Waals surface area contributed by atoms with E-state index in [1.165, 1.54) is 5.56 Å². The first-order chi connectivity index (χ1) is 10.2. The summed E-state index contributed by atoms with van der Waals surface area (Å²) in [5.74, 6) is 0. The number of imidazole rings is 1. The molecule has 5 heteroatoms. The van der Waals surface area contributed by atoms with Gasteiger partial charge in [-0.15, -0.1) is 0 Å². The molecular formula is C16H17N3OS. The normalized spacial score (nSPS) is 14.2. The van der Waals surface area contributed by atoms with Gasteiger partial charge in [-0.05, 0) is 43.2 Å². The van der Waals surface area contributed by atoms with Crippen LogP contribution in [0.3, 0.4) is 0 Å². The van der Waals surface area contributed by atoms with Gasteiger partial charge in [-0.1, -0.05) is 19.1 Å². The van der Waals surface area contributed by atoms with Crippen LogP contribution >= 0.6 is 0 Å². The van der Waals surface area contributed by atoms with Gasteiger partial charge >= 0.3 is 0 Å². The van der Waals surface area contributed by atoms with E-state index in [9.17, 15) is 4.21 Å². The summed E-state index contributed by atoms with van der Waals surface area (Å²) in [7, 11) is -1.25. The van der Waals surface area contributed by atoms with Crippen LogP contribution in [0.2, 0.25) is 0 Å². The molecule has 21 heavy (non-hydrogen) atoms. The van der Waals surface area contributed by atoms with Crippen molar-refractivity contribution in [3.63, 3.8) is 0 Å². The van der Waals surface area contributed by atoms with E-state index in [1.54, 1.807) is 6.20 Å². The van der Waals surface area contributed by atoms with Crippen LogP contribution in [0.25, 0.3) is 11.0 Å². The number of hydrogen-bond acceptors (Lipinski definition) is 3. The molecule has 4 nitrogen and oxygen atoms in total. The highest BCUT2D eigenvalue weighted by Gasteiger charge is 2.19. The zero-order valence-electron chi connectivity index (χ0n) is 12.0. The Bertz CT molecular complexity index is 783. The minimum absolute atomic E-state index is 0.197. The zero-order chi connectivity index (χ0) is 14.8. The summed E-state index contributed by atoms with van der Waals surface area (Å²) in [5.41, 5.74) is 3.83. The molecule has 2 heterocycles. The van der Waals surface area contributed by atoms with Gasteiger partial charge in [0.05, 0.1) is 32.8 Å². The summed E-state index contributed by atoms with van der Waals surface area (Å²) < 4.78 is 12.6. The van der Waals surface area contributed by atoms with Crippen molar-refractivity contribution in [3.8, 4) is 0 Å². The van der Waals surface area contributed by atoms with Crippen LogP contribution in [0.1, 0.15) is 30.4 Å². The number of nitrogens with one attached hydrogen (secondary N) is 1. The lowest BCUT2D eigenvalue weighted by Gasteiger charge is -2.08. The third-order valence-electron chi connectivity index (χ3n) is 3.55. The van der Waals surface area contributed by atoms with Crippen molar-refractivity contribution in [2.24, 2.45) is 0 Å². The summed E-state index contributed by atoms with van der Waals surface area (Å²) in [6, 6.07) is 11.7. The smallest absolute Gasteiger partial charge is 0.198 e. The van der Waals surface area contributed by atoms with Gasteiger partial charge in [-0.2, -0.15) is 0 Å². The number of nitrogens with zero attached hydrogens (tertiary/aromatic N) is 2. The van der Waals surface area contributed by atoms with E-state index in [4.69, 9.17) is 0 Å². The van der Waals surface area contributed by atoms with Gasteiger partial charge in [-0.25, -0.2) is 4.98 Å². The first-order valence-electron chi connectivity index (χ1n) is 6.99. The number of rotatable bonds is 4. The molecule has 0 spiro atoms. The Morgan fingerprint density at radius 1 is 1.29 bits per heavy atom. The van der Waals surface area contributed by atoms with Gasteiger partial charge in [0.25, 0.3) is 0 Å². The largest absolute Gasteiger partial charge is 0.331 e. The maximum atomic E-state index is 12.6. The van der Waals surface area contributed by atoms with E-state index in [1.807, 2.05) is 31.2 Å². The monoisotopic (exact) mass is 299 g/mol.